The molecule has 4 N–H and O–H groups in total. The number of ether oxygens (including phenoxy) is 1. The lowest BCUT2D eigenvalue weighted by atomic mass is 9.96. The molecule has 9 nitrogen and oxygen atoms in total. The van der Waals surface area contributed by atoms with Gasteiger partial charge >= 0.3 is 6.09 Å². The zero-order chi connectivity index (χ0) is 24.0. The van der Waals surface area contributed by atoms with Crippen molar-refractivity contribution in [3.63, 3.8) is 0 Å². The molecule has 1 aromatic heterocycles. The number of hydroxylamine groups is 1. The van der Waals surface area contributed by atoms with E-state index in [1.165, 1.54) is 4.90 Å². The van der Waals surface area contributed by atoms with E-state index >= 15 is 0 Å². The molecule has 3 rings (SSSR count). The van der Waals surface area contributed by atoms with E-state index in [-0.39, 0.29) is 24.8 Å². The van der Waals surface area contributed by atoms with Crippen LogP contribution in [0.3, 0.4) is 0 Å². The van der Waals surface area contributed by atoms with Crippen LogP contribution in [0.2, 0.25) is 0 Å². The van der Waals surface area contributed by atoms with Crippen LogP contribution in [0.5, 0.6) is 0 Å². The number of carbonyl (C=O) groups excluding carboxylic acids is 3. The lowest BCUT2D eigenvalue weighted by Gasteiger charge is -2.35. The summed E-state index contributed by atoms with van der Waals surface area (Å²) in [5.74, 6) is -0.587. The smallest absolute Gasteiger partial charge is 0.411 e. The van der Waals surface area contributed by atoms with E-state index in [1.807, 2.05) is 45.0 Å². The second kappa shape index (κ2) is 10.7. The van der Waals surface area contributed by atoms with Crippen LogP contribution in [0.4, 0.5) is 4.79 Å². The number of nitrogens with one attached hydrogen (secondary N) is 3. The Kier molecular flexibility index (Phi) is 7.97. The molecule has 0 aliphatic carbocycles. The van der Waals surface area contributed by atoms with Crippen LogP contribution in [-0.4, -0.2) is 51.2 Å². The fraction of sp³-hybridized carbons (Fsp3) is 0.542. The van der Waals surface area contributed by atoms with Crippen molar-refractivity contribution in [2.75, 3.05) is 6.54 Å². The van der Waals surface area contributed by atoms with E-state index in [0.717, 1.165) is 41.4 Å². The minimum absolute atomic E-state index is 0.198. The van der Waals surface area contributed by atoms with Gasteiger partial charge in [-0.25, -0.2) is 10.3 Å². The molecule has 180 valence electrons. The Morgan fingerprint density at radius 1 is 1.15 bits per heavy atom. The summed E-state index contributed by atoms with van der Waals surface area (Å²) < 4.78 is 5.59. The molecule has 33 heavy (non-hydrogen) atoms. The van der Waals surface area contributed by atoms with E-state index < -0.39 is 17.7 Å². The number of unbranched alkanes of at least 4 members (excludes halogenated alkanes) is 3. The van der Waals surface area contributed by atoms with Crippen molar-refractivity contribution >= 4 is 28.8 Å². The van der Waals surface area contributed by atoms with Gasteiger partial charge in [0.2, 0.25) is 11.8 Å². The van der Waals surface area contributed by atoms with Crippen molar-refractivity contribution in [3.8, 4) is 0 Å². The van der Waals surface area contributed by atoms with E-state index in [2.05, 4.69) is 10.3 Å². The van der Waals surface area contributed by atoms with Crippen molar-refractivity contribution in [2.45, 2.75) is 77.5 Å². The van der Waals surface area contributed by atoms with Crippen molar-refractivity contribution in [3.05, 3.63) is 35.5 Å². The van der Waals surface area contributed by atoms with Gasteiger partial charge in [0.15, 0.2) is 0 Å². The van der Waals surface area contributed by atoms with E-state index in [9.17, 15) is 14.4 Å². The molecule has 1 aromatic carbocycles. The van der Waals surface area contributed by atoms with Crippen LogP contribution in [-0.2, 0) is 27.3 Å². The lowest BCUT2D eigenvalue weighted by Crippen LogP contribution is -2.53. The third-order valence-corrected chi connectivity index (χ3v) is 5.69. The highest BCUT2D eigenvalue weighted by Crippen LogP contribution is 2.31. The zero-order valence-corrected chi connectivity index (χ0v) is 19.6. The molecular weight excluding hydrogens is 424 g/mol. The summed E-state index contributed by atoms with van der Waals surface area (Å²) >= 11 is 0. The van der Waals surface area contributed by atoms with E-state index in [4.69, 9.17) is 9.94 Å². The minimum atomic E-state index is -0.661. The SMILES string of the molecule is CC(C)(C)OC(=O)N1Cc2[nH]c3ccccc3c2C[C@H]1C(=O)NCCCCCCC(=O)NO. The van der Waals surface area contributed by atoms with Crippen LogP contribution in [0.15, 0.2) is 24.3 Å². The van der Waals surface area contributed by atoms with Crippen molar-refractivity contribution in [2.24, 2.45) is 0 Å². The van der Waals surface area contributed by atoms with Gasteiger partial charge in [-0.05, 0) is 45.2 Å². The predicted octanol–water partition coefficient (Wildman–Crippen LogP) is 3.40. The Morgan fingerprint density at radius 3 is 2.61 bits per heavy atom. The molecule has 0 unspecified atom stereocenters. The molecule has 1 atom stereocenters. The molecule has 0 saturated carbocycles. The highest BCUT2D eigenvalue weighted by molar-refractivity contribution is 5.90. The van der Waals surface area contributed by atoms with Gasteiger partial charge in [0, 0.05) is 36.0 Å². The van der Waals surface area contributed by atoms with Crippen molar-refractivity contribution in [1.82, 2.24) is 20.7 Å². The number of aromatic amines is 1. The molecule has 9 heteroatoms. The monoisotopic (exact) mass is 458 g/mol. The average molecular weight is 459 g/mol. The number of rotatable bonds is 8. The quantitative estimate of drug-likeness (QED) is 0.274. The minimum Gasteiger partial charge on any atom is -0.444 e. The summed E-state index contributed by atoms with van der Waals surface area (Å²) in [5, 5.41) is 12.5. The van der Waals surface area contributed by atoms with E-state index in [0.29, 0.717) is 19.4 Å². The topological polar surface area (TPSA) is 124 Å². The maximum atomic E-state index is 13.1. The van der Waals surface area contributed by atoms with Crippen LogP contribution in [0.1, 0.15) is 64.1 Å². The standard InChI is InChI=1S/C24H34N4O5/c1-24(2,3)33-23(31)28-15-19-17(16-10-7-8-11-18(16)26-19)14-20(28)22(30)25-13-9-5-4-6-12-21(29)27-32/h7-8,10-11,20,26,32H,4-6,9,12-15H2,1-3H3,(H,25,30)(H,27,29)/t20-/m0/s1. The molecule has 2 heterocycles. The number of H-pyrrole nitrogens is 1. The highest BCUT2D eigenvalue weighted by Gasteiger charge is 2.38. The third kappa shape index (κ3) is 6.47. The van der Waals surface area contributed by atoms with Gasteiger partial charge in [0.05, 0.1) is 6.54 Å². The molecule has 2 aromatic rings. The molecule has 3 amide bonds. The summed E-state index contributed by atoms with van der Waals surface area (Å²) in [7, 11) is 0. The van der Waals surface area contributed by atoms with Gasteiger partial charge in [0.25, 0.3) is 0 Å². The number of nitrogens with zero attached hydrogens (tertiary/aromatic N) is 1. The maximum Gasteiger partial charge on any atom is 0.411 e. The molecule has 0 bridgehead atoms. The van der Waals surface area contributed by atoms with Gasteiger partial charge in [-0.3, -0.25) is 19.7 Å². The summed E-state index contributed by atoms with van der Waals surface area (Å²) in [5.41, 5.74) is 3.94. The van der Waals surface area contributed by atoms with Gasteiger partial charge in [-0.1, -0.05) is 31.0 Å². The summed E-state index contributed by atoms with van der Waals surface area (Å²) in [6.07, 6.45) is 3.32. The van der Waals surface area contributed by atoms with Gasteiger partial charge in [-0.15, -0.1) is 0 Å². The Balaban J connectivity index is 1.64. The number of carbonyl (C=O) groups is 3. The largest absolute Gasteiger partial charge is 0.444 e. The fourth-order valence-corrected chi connectivity index (χ4v) is 4.10. The van der Waals surface area contributed by atoms with Crippen LogP contribution in [0, 0.1) is 0 Å². The highest BCUT2D eigenvalue weighted by atomic mass is 16.6. The van der Waals surface area contributed by atoms with Gasteiger partial charge < -0.3 is 15.0 Å². The first-order valence-corrected chi connectivity index (χ1v) is 11.5. The summed E-state index contributed by atoms with van der Waals surface area (Å²) in [6.45, 7) is 6.20. The Hall–Kier alpha value is -3.07. The third-order valence-electron chi connectivity index (χ3n) is 5.69. The maximum absolute atomic E-state index is 13.1. The second-order valence-corrected chi connectivity index (χ2v) is 9.45. The molecule has 0 saturated heterocycles. The summed E-state index contributed by atoms with van der Waals surface area (Å²) in [6, 6.07) is 7.29. The number of hydrogen-bond donors (Lipinski definition) is 4. The van der Waals surface area contributed by atoms with Crippen molar-refractivity contribution < 1.29 is 24.3 Å². The first-order chi connectivity index (χ1) is 15.7. The van der Waals surface area contributed by atoms with Crippen molar-refractivity contribution in [1.29, 1.82) is 0 Å². The van der Waals surface area contributed by atoms with Gasteiger partial charge in [0.1, 0.15) is 11.6 Å². The Labute approximate surface area is 193 Å². The summed E-state index contributed by atoms with van der Waals surface area (Å²) in [4.78, 5) is 42.0. The van der Waals surface area contributed by atoms with Gasteiger partial charge in [-0.2, -0.15) is 0 Å². The normalized spacial score (nSPS) is 15.8. The number of fused-ring (bicyclic) bond motifs is 3. The number of hydrogen-bond acceptors (Lipinski definition) is 5. The van der Waals surface area contributed by atoms with E-state index in [1.54, 1.807) is 5.48 Å². The molecule has 0 spiro atoms. The first kappa shape index (κ1) is 24.6. The predicted molar refractivity (Wildman–Crippen MR) is 124 cm³/mol. The molecule has 1 aliphatic rings. The number of amides is 3. The zero-order valence-electron chi connectivity index (χ0n) is 19.6. The Morgan fingerprint density at radius 2 is 1.88 bits per heavy atom. The molecule has 1 aliphatic heterocycles. The lowest BCUT2D eigenvalue weighted by molar-refractivity contribution is -0.129. The first-order valence-electron chi connectivity index (χ1n) is 11.5. The fourth-order valence-electron chi connectivity index (χ4n) is 4.10. The average Bonchev–Trinajstić information content (AvgIpc) is 3.13. The second-order valence-electron chi connectivity index (χ2n) is 9.45. The molecular formula is C24H34N4O5. The van der Waals surface area contributed by atoms with Crippen LogP contribution >= 0.6 is 0 Å². The number of para-hydroxylation sites is 1. The number of benzene rings is 1. The van der Waals surface area contributed by atoms with Crippen LogP contribution < -0.4 is 10.8 Å². The molecule has 0 radical (unpaired) electrons. The molecule has 0 fully saturated rings. The van der Waals surface area contributed by atoms with Crippen LogP contribution in [0.25, 0.3) is 10.9 Å². The Bertz CT molecular complexity index is 994. The number of aromatic nitrogens is 1.